The Morgan fingerprint density at radius 1 is 1.35 bits per heavy atom. The number of nitrogens with one attached hydrogen (secondary N) is 3. The van der Waals surface area contributed by atoms with E-state index in [2.05, 4.69) is 33.3 Å². The average Bonchev–Trinajstić information content (AvgIpc) is 3.09. The highest BCUT2D eigenvalue weighted by Gasteiger charge is 2.30. The third kappa shape index (κ3) is 2.87. The van der Waals surface area contributed by atoms with Gasteiger partial charge in [0.05, 0.1) is 0 Å². The van der Waals surface area contributed by atoms with Gasteiger partial charge >= 0.3 is 0 Å². The monoisotopic (exact) mass is 288 g/mol. The number of hydrazine groups is 1. The second-order valence-corrected chi connectivity index (χ2v) is 6.04. The minimum atomic E-state index is -0.246. The maximum absolute atomic E-state index is 12.2. The number of hydrogen-bond acceptors (Lipinski definition) is 5. The summed E-state index contributed by atoms with van der Waals surface area (Å²) >= 11 is 1.48. The number of aryl methyl sites for hydroxylation is 1. The van der Waals surface area contributed by atoms with Gasteiger partial charge in [-0.3, -0.25) is 4.79 Å². The fraction of sp³-hybridized carbons (Fsp3) is 0.286. The molecule has 0 saturated carbocycles. The van der Waals surface area contributed by atoms with E-state index in [-0.39, 0.29) is 18.0 Å². The highest BCUT2D eigenvalue weighted by atomic mass is 32.1. The maximum Gasteiger partial charge on any atom is 0.244 e. The first-order valence-electron chi connectivity index (χ1n) is 6.51. The Labute approximate surface area is 121 Å². The van der Waals surface area contributed by atoms with Crippen LogP contribution in [0.25, 0.3) is 0 Å². The van der Waals surface area contributed by atoms with Crippen molar-refractivity contribution in [3.8, 4) is 0 Å². The third-order valence-corrected chi connectivity index (χ3v) is 4.10. The van der Waals surface area contributed by atoms with E-state index >= 15 is 0 Å². The van der Waals surface area contributed by atoms with Crippen LogP contribution in [0.4, 0.5) is 5.13 Å². The second-order valence-electron chi connectivity index (χ2n) is 4.81. The maximum atomic E-state index is 12.2. The molecular weight excluding hydrogens is 272 g/mol. The molecule has 20 heavy (non-hydrogen) atoms. The van der Waals surface area contributed by atoms with Gasteiger partial charge in [-0.2, -0.15) is 0 Å². The van der Waals surface area contributed by atoms with E-state index in [4.69, 9.17) is 0 Å². The Bertz CT molecular complexity index is 598. The van der Waals surface area contributed by atoms with Gasteiger partial charge in [0.2, 0.25) is 5.91 Å². The number of nitrogens with zero attached hydrogens (tertiary/aromatic N) is 1. The predicted octanol–water partition coefficient (Wildman–Crippen LogP) is 2.00. The van der Waals surface area contributed by atoms with Gasteiger partial charge in [-0.25, -0.2) is 15.8 Å². The molecule has 2 aromatic rings. The van der Waals surface area contributed by atoms with Crippen molar-refractivity contribution in [2.75, 3.05) is 5.32 Å². The number of anilines is 1. The van der Waals surface area contributed by atoms with E-state index in [1.807, 2.05) is 25.1 Å². The van der Waals surface area contributed by atoms with Crippen molar-refractivity contribution in [1.29, 1.82) is 0 Å². The summed E-state index contributed by atoms with van der Waals surface area (Å²) in [5.41, 5.74) is 7.39. The standard InChI is InChI=1S/C14H16N4OS/c1-9-8-15-14(20-9)16-13(19)12-7-11(17-18-12)10-5-3-2-4-6-10/h2-6,8,11-12,17-18H,7H2,1H3,(H,15,16,19). The number of carbonyl (C=O) groups is 1. The molecule has 2 atom stereocenters. The lowest BCUT2D eigenvalue weighted by molar-refractivity contribution is -0.117. The van der Waals surface area contributed by atoms with Gasteiger partial charge in [-0.1, -0.05) is 30.3 Å². The van der Waals surface area contributed by atoms with Crippen molar-refractivity contribution in [2.45, 2.75) is 25.4 Å². The van der Waals surface area contributed by atoms with Crippen LogP contribution in [0, 0.1) is 6.92 Å². The van der Waals surface area contributed by atoms with Crippen LogP contribution in [0.15, 0.2) is 36.5 Å². The van der Waals surface area contributed by atoms with E-state index in [0.717, 1.165) is 11.3 Å². The molecule has 2 heterocycles. The molecule has 5 nitrogen and oxygen atoms in total. The van der Waals surface area contributed by atoms with Crippen LogP contribution in [0.2, 0.25) is 0 Å². The van der Waals surface area contributed by atoms with Gasteiger partial charge in [0.15, 0.2) is 5.13 Å². The lowest BCUT2D eigenvalue weighted by atomic mass is 10.0. The minimum absolute atomic E-state index is 0.0507. The summed E-state index contributed by atoms with van der Waals surface area (Å²) < 4.78 is 0. The molecule has 0 bridgehead atoms. The zero-order chi connectivity index (χ0) is 13.9. The topological polar surface area (TPSA) is 66.0 Å². The molecule has 2 unspecified atom stereocenters. The fourth-order valence-electron chi connectivity index (χ4n) is 2.24. The number of carbonyl (C=O) groups excluding carboxylic acids is 1. The number of benzene rings is 1. The zero-order valence-corrected chi connectivity index (χ0v) is 11.9. The molecule has 1 aromatic carbocycles. The first kappa shape index (κ1) is 13.2. The quantitative estimate of drug-likeness (QED) is 0.808. The Morgan fingerprint density at radius 3 is 2.85 bits per heavy atom. The smallest absolute Gasteiger partial charge is 0.244 e. The third-order valence-electron chi connectivity index (χ3n) is 3.27. The lowest BCUT2D eigenvalue weighted by Gasteiger charge is -2.09. The van der Waals surface area contributed by atoms with E-state index in [0.29, 0.717) is 5.13 Å². The molecule has 0 radical (unpaired) electrons. The number of rotatable bonds is 3. The molecule has 1 amide bonds. The van der Waals surface area contributed by atoms with Gasteiger partial charge in [-0.05, 0) is 18.9 Å². The molecule has 1 aliphatic rings. The molecule has 3 rings (SSSR count). The molecule has 1 aromatic heterocycles. The highest BCUT2D eigenvalue weighted by molar-refractivity contribution is 7.15. The van der Waals surface area contributed by atoms with Crippen molar-refractivity contribution in [2.24, 2.45) is 0 Å². The molecule has 3 N–H and O–H groups in total. The number of hydrogen-bond donors (Lipinski definition) is 3. The first-order valence-corrected chi connectivity index (χ1v) is 7.33. The van der Waals surface area contributed by atoms with E-state index in [1.165, 1.54) is 16.9 Å². The summed E-state index contributed by atoms with van der Waals surface area (Å²) in [6, 6.07) is 10.0. The van der Waals surface area contributed by atoms with E-state index < -0.39 is 0 Å². The summed E-state index contributed by atoms with van der Waals surface area (Å²) in [7, 11) is 0. The first-order chi connectivity index (χ1) is 9.72. The van der Waals surface area contributed by atoms with Crippen LogP contribution in [-0.4, -0.2) is 16.9 Å². The lowest BCUT2D eigenvalue weighted by Crippen LogP contribution is -2.39. The van der Waals surface area contributed by atoms with Gasteiger partial charge in [0.1, 0.15) is 6.04 Å². The average molecular weight is 288 g/mol. The Morgan fingerprint density at radius 2 is 2.15 bits per heavy atom. The van der Waals surface area contributed by atoms with Crippen molar-refractivity contribution >= 4 is 22.4 Å². The second kappa shape index (κ2) is 5.70. The van der Waals surface area contributed by atoms with Crippen molar-refractivity contribution < 1.29 is 4.79 Å². The summed E-state index contributed by atoms with van der Waals surface area (Å²) in [4.78, 5) is 17.4. The SMILES string of the molecule is Cc1cnc(NC(=O)C2CC(c3ccccc3)NN2)s1. The van der Waals surface area contributed by atoms with Crippen LogP contribution >= 0.6 is 11.3 Å². The number of aromatic nitrogens is 1. The molecule has 0 spiro atoms. The number of amides is 1. The van der Waals surface area contributed by atoms with Gasteiger partial charge in [-0.15, -0.1) is 11.3 Å². The molecule has 0 aliphatic carbocycles. The summed E-state index contributed by atoms with van der Waals surface area (Å²) in [5, 5.41) is 3.49. The van der Waals surface area contributed by atoms with Crippen molar-refractivity contribution in [3.05, 3.63) is 47.0 Å². The van der Waals surface area contributed by atoms with Crippen LogP contribution in [0.1, 0.15) is 22.9 Å². The molecule has 6 heteroatoms. The van der Waals surface area contributed by atoms with Gasteiger partial charge < -0.3 is 5.32 Å². The summed E-state index contributed by atoms with van der Waals surface area (Å²) in [6.07, 6.45) is 2.48. The van der Waals surface area contributed by atoms with Gasteiger partial charge in [0.25, 0.3) is 0 Å². The minimum Gasteiger partial charge on any atom is -0.301 e. The van der Waals surface area contributed by atoms with Gasteiger partial charge in [0, 0.05) is 17.1 Å². The van der Waals surface area contributed by atoms with Crippen molar-refractivity contribution in [3.63, 3.8) is 0 Å². The van der Waals surface area contributed by atoms with E-state index in [1.54, 1.807) is 6.20 Å². The predicted molar refractivity (Wildman–Crippen MR) is 79.3 cm³/mol. The van der Waals surface area contributed by atoms with Crippen LogP contribution in [0.3, 0.4) is 0 Å². The Kier molecular flexibility index (Phi) is 3.77. The molecular formula is C14H16N4OS. The highest BCUT2D eigenvalue weighted by Crippen LogP contribution is 2.23. The molecule has 1 fully saturated rings. The van der Waals surface area contributed by atoms with Crippen LogP contribution in [0.5, 0.6) is 0 Å². The fourth-order valence-corrected chi connectivity index (χ4v) is 2.90. The zero-order valence-electron chi connectivity index (χ0n) is 11.1. The summed E-state index contributed by atoms with van der Waals surface area (Å²) in [6.45, 7) is 1.97. The van der Waals surface area contributed by atoms with Crippen LogP contribution in [-0.2, 0) is 4.79 Å². The molecule has 104 valence electrons. The van der Waals surface area contributed by atoms with Crippen LogP contribution < -0.4 is 16.2 Å². The Hall–Kier alpha value is -1.76. The van der Waals surface area contributed by atoms with E-state index in [9.17, 15) is 4.79 Å². The molecule has 1 aliphatic heterocycles. The largest absolute Gasteiger partial charge is 0.301 e. The summed E-state index contributed by atoms with van der Waals surface area (Å²) in [5.74, 6) is -0.0507. The molecule has 1 saturated heterocycles. The van der Waals surface area contributed by atoms with Crippen molar-refractivity contribution in [1.82, 2.24) is 15.8 Å². The number of thiazole rings is 1. The Balaban J connectivity index is 1.61. The normalized spacial score (nSPS) is 21.9.